The number of aromatic nitrogens is 2. The molecular formula is C12H15N3O2. The van der Waals surface area contributed by atoms with Gasteiger partial charge < -0.3 is 10.4 Å². The summed E-state index contributed by atoms with van der Waals surface area (Å²) in [7, 11) is 0. The second-order valence-corrected chi connectivity index (χ2v) is 4.08. The Kier molecular flexibility index (Phi) is 3.39. The van der Waals surface area contributed by atoms with E-state index in [1.807, 2.05) is 18.2 Å². The number of aromatic amines is 1. The number of para-hydroxylation sites is 1. The quantitative estimate of drug-likeness (QED) is 0.751. The molecule has 90 valence electrons. The van der Waals surface area contributed by atoms with Crippen LogP contribution >= 0.6 is 0 Å². The number of rotatable bonds is 4. The molecule has 1 aromatic carbocycles. The topological polar surface area (TPSA) is 78.0 Å². The summed E-state index contributed by atoms with van der Waals surface area (Å²) in [4.78, 5) is 11.6. The monoisotopic (exact) mass is 233 g/mol. The highest BCUT2D eigenvalue weighted by molar-refractivity contribution is 6.00. The number of nitrogens with zero attached hydrogens (tertiary/aromatic N) is 1. The number of hydrogen-bond acceptors (Lipinski definition) is 3. The fourth-order valence-corrected chi connectivity index (χ4v) is 1.63. The summed E-state index contributed by atoms with van der Waals surface area (Å²) in [5.41, 5.74) is 1.54. The minimum atomic E-state index is -0.455. The van der Waals surface area contributed by atoms with Crippen molar-refractivity contribution in [1.82, 2.24) is 10.2 Å². The third kappa shape index (κ3) is 2.82. The Bertz CT molecular complexity index is 519. The lowest BCUT2D eigenvalue weighted by Gasteiger charge is -2.07. The van der Waals surface area contributed by atoms with Crippen LogP contribution in [0.4, 0.5) is 5.69 Å². The van der Waals surface area contributed by atoms with Crippen LogP contribution in [-0.4, -0.2) is 27.3 Å². The number of aliphatic hydroxyl groups is 1. The SMILES string of the molecule is CC(O)CCC(=O)Nc1cccc2cn[nH]c12. The van der Waals surface area contributed by atoms with E-state index in [0.29, 0.717) is 12.8 Å². The van der Waals surface area contributed by atoms with Crippen molar-refractivity contribution in [3.05, 3.63) is 24.4 Å². The second kappa shape index (κ2) is 4.97. The molecule has 0 aliphatic heterocycles. The van der Waals surface area contributed by atoms with Crippen molar-refractivity contribution in [2.24, 2.45) is 0 Å². The Labute approximate surface area is 98.8 Å². The van der Waals surface area contributed by atoms with Gasteiger partial charge in [-0.05, 0) is 19.4 Å². The Morgan fingerprint density at radius 1 is 1.59 bits per heavy atom. The molecule has 1 unspecified atom stereocenters. The number of carbonyl (C=O) groups is 1. The van der Waals surface area contributed by atoms with Gasteiger partial charge in [-0.2, -0.15) is 5.10 Å². The average Bonchev–Trinajstić information content (AvgIpc) is 2.75. The van der Waals surface area contributed by atoms with Crippen molar-refractivity contribution < 1.29 is 9.90 Å². The Balaban J connectivity index is 2.08. The average molecular weight is 233 g/mol. The maximum Gasteiger partial charge on any atom is 0.224 e. The second-order valence-electron chi connectivity index (χ2n) is 4.08. The van der Waals surface area contributed by atoms with E-state index in [1.54, 1.807) is 13.1 Å². The first-order chi connectivity index (χ1) is 8.16. The molecule has 0 saturated heterocycles. The van der Waals surface area contributed by atoms with Gasteiger partial charge in [0.05, 0.1) is 23.5 Å². The first kappa shape index (κ1) is 11.6. The minimum Gasteiger partial charge on any atom is -0.393 e. The predicted octanol–water partition coefficient (Wildman–Crippen LogP) is 1.66. The molecule has 0 saturated carbocycles. The van der Waals surface area contributed by atoms with E-state index in [9.17, 15) is 4.79 Å². The minimum absolute atomic E-state index is 0.104. The molecule has 2 rings (SSSR count). The molecule has 0 fully saturated rings. The van der Waals surface area contributed by atoms with Gasteiger partial charge in [-0.1, -0.05) is 12.1 Å². The first-order valence-corrected chi connectivity index (χ1v) is 5.57. The van der Waals surface area contributed by atoms with Gasteiger partial charge in [0.25, 0.3) is 0 Å². The van der Waals surface area contributed by atoms with Gasteiger partial charge in [0, 0.05) is 11.8 Å². The zero-order valence-corrected chi connectivity index (χ0v) is 9.60. The summed E-state index contributed by atoms with van der Waals surface area (Å²) in [6, 6.07) is 5.60. The van der Waals surface area contributed by atoms with Crippen LogP contribution in [0.25, 0.3) is 10.9 Å². The van der Waals surface area contributed by atoms with Crippen molar-refractivity contribution in [2.75, 3.05) is 5.32 Å². The summed E-state index contributed by atoms with van der Waals surface area (Å²) in [6.07, 6.45) is 2.03. The van der Waals surface area contributed by atoms with Gasteiger partial charge in [-0.3, -0.25) is 9.89 Å². The molecule has 1 atom stereocenters. The van der Waals surface area contributed by atoms with Gasteiger partial charge in [0.2, 0.25) is 5.91 Å². The Morgan fingerprint density at radius 3 is 3.18 bits per heavy atom. The highest BCUT2D eigenvalue weighted by Gasteiger charge is 2.07. The molecule has 1 heterocycles. The standard InChI is InChI=1S/C12H15N3O2/c1-8(16)5-6-11(17)14-10-4-2-3-9-7-13-15-12(9)10/h2-4,7-8,16H,5-6H2,1H3,(H,13,15)(H,14,17). The molecule has 5 nitrogen and oxygen atoms in total. The van der Waals surface area contributed by atoms with Crippen molar-refractivity contribution in [3.63, 3.8) is 0 Å². The number of hydrogen-bond donors (Lipinski definition) is 3. The smallest absolute Gasteiger partial charge is 0.224 e. The summed E-state index contributed by atoms with van der Waals surface area (Å²) < 4.78 is 0. The number of fused-ring (bicyclic) bond motifs is 1. The van der Waals surface area contributed by atoms with Gasteiger partial charge >= 0.3 is 0 Å². The molecule has 5 heteroatoms. The van der Waals surface area contributed by atoms with E-state index >= 15 is 0 Å². The number of aliphatic hydroxyl groups excluding tert-OH is 1. The van der Waals surface area contributed by atoms with Crippen LogP contribution in [0.1, 0.15) is 19.8 Å². The lowest BCUT2D eigenvalue weighted by atomic mass is 10.2. The van der Waals surface area contributed by atoms with Crippen LogP contribution in [0, 0.1) is 0 Å². The summed E-state index contributed by atoms with van der Waals surface area (Å²) in [5.74, 6) is -0.104. The van der Waals surface area contributed by atoms with Crippen molar-refractivity contribution in [2.45, 2.75) is 25.9 Å². The molecule has 0 radical (unpaired) electrons. The molecule has 17 heavy (non-hydrogen) atoms. The zero-order chi connectivity index (χ0) is 12.3. The van der Waals surface area contributed by atoms with E-state index in [4.69, 9.17) is 5.11 Å². The van der Waals surface area contributed by atoms with Crippen LogP contribution < -0.4 is 5.32 Å². The Morgan fingerprint density at radius 2 is 2.41 bits per heavy atom. The molecule has 2 aromatic rings. The number of benzene rings is 1. The van der Waals surface area contributed by atoms with E-state index < -0.39 is 6.10 Å². The van der Waals surface area contributed by atoms with Crippen LogP contribution in [0.15, 0.2) is 24.4 Å². The number of H-pyrrole nitrogens is 1. The van der Waals surface area contributed by atoms with E-state index in [1.165, 1.54) is 0 Å². The van der Waals surface area contributed by atoms with Crippen LogP contribution in [0.3, 0.4) is 0 Å². The lowest BCUT2D eigenvalue weighted by Crippen LogP contribution is -2.14. The predicted molar refractivity (Wildman–Crippen MR) is 65.6 cm³/mol. The molecule has 0 aliphatic carbocycles. The van der Waals surface area contributed by atoms with Crippen molar-refractivity contribution in [3.8, 4) is 0 Å². The fraction of sp³-hybridized carbons (Fsp3) is 0.333. The van der Waals surface area contributed by atoms with Crippen molar-refractivity contribution in [1.29, 1.82) is 0 Å². The highest BCUT2D eigenvalue weighted by Crippen LogP contribution is 2.20. The van der Waals surface area contributed by atoms with Gasteiger partial charge in [-0.15, -0.1) is 0 Å². The van der Waals surface area contributed by atoms with E-state index in [2.05, 4.69) is 15.5 Å². The molecule has 0 bridgehead atoms. The summed E-state index contributed by atoms with van der Waals surface area (Å²) in [5, 5.41) is 19.6. The third-order valence-corrected chi connectivity index (χ3v) is 2.54. The van der Waals surface area contributed by atoms with E-state index in [-0.39, 0.29) is 5.91 Å². The van der Waals surface area contributed by atoms with Gasteiger partial charge in [-0.25, -0.2) is 0 Å². The van der Waals surface area contributed by atoms with Gasteiger partial charge in [0.15, 0.2) is 0 Å². The maximum atomic E-state index is 11.6. The van der Waals surface area contributed by atoms with Crippen molar-refractivity contribution >= 4 is 22.5 Å². The van der Waals surface area contributed by atoms with Crippen LogP contribution in [0.2, 0.25) is 0 Å². The van der Waals surface area contributed by atoms with E-state index in [0.717, 1.165) is 16.6 Å². The normalized spacial score (nSPS) is 12.6. The Hall–Kier alpha value is -1.88. The summed E-state index contributed by atoms with van der Waals surface area (Å²) in [6.45, 7) is 1.67. The number of amides is 1. The number of anilines is 1. The third-order valence-electron chi connectivity index (χ3n) is 2.54. The molecule has 0 spiro atoms. The van der Waals surface area contributed by atoms with Gasteiger partial charge in [0.1, 0.15) is 0 Å². The number of nitrogens with one attached hydrogen (secondary N) is 2. The summed E-state index contributed by atoms with van der Waals surface area (Å²) >= 11 is 0. The van der Waals surface area contributed by atoms with Crippen LogP contribution in [-0.2, 0) is 4.79 Å². The lowest BCUT2D eigenvalue weighted by molar-refractivity contribution is -0.116. The molecule has 3 N–H and O–H groups in total. The highest BCUT2D eigenvalue weighted by atomic mass is 16.3. The first-order valence-electron chi connectivity index (χ1n) is 5.57. The molecule has 1 amide bonds. The molecule has 1 aromatic heterocycles. The zero-order valence-electron chi connectivity index (χ0n) is 9.60. The number of carbonyl (C=O) groups excluding carboxylic acids is 1. The largest absolute Gasteiger partial charge is 0.393 e. The maximum absolute atomic E-state index is 11.6. The molecule has 0 aliphatic rings. The molecular weight excluding hydrogens is 218 g/mol. The van der Waals surface area contributed by atoms with Crippen LogP contribution in [0.5, 0.6) is 0 Å². The fourth-order valence-electron chi connectivity index (χ4n) is 1.63.